The van der Waals surface area contributed by atoms with Gasteiger partial charge < -0.3 is 25.4 Å². The summed E-state index contributed by atoms with van der Waals surface area (Å²) in [4.78, 5) is 33.9. The van der Waals surface area contributed by atoms with Gasteiger partial charge in [0.05, 0.1) is 10.5 Å². The smallest absolute Gasteiger partial charge is 0.407 e. The van der Waals surface area contributed by atoms with E-state index in [2.05, 4.69) is 5.32 Å². The van der Waals surface area contributed by atoms with Crippen LogP contribution in [0.1, 0.15) is 39.1 Å². The number of nitrogens with zero attached hydrogens (tertiary/aromatic N) is 1. The number of nitro benzene ring substituents is 1. The number of carbonyl (C=O) groups excluding carboxylic acids is 1. The number of hydrogen-bond donors (Lipinski definition) is 4. The number of aromatic carboxylic acids is 1. The number of hydrogen-bond acceptors (Lipinski definition) is 7. The highest BCUT2D eigenvalue weighted by atomic mass is 16.6. The van der Waals surface area contributed by atoms with Gasteiger partial charge >= 0.3 is 12.1 Å². The number of aliphatic hydroxyl groups excluding tert-OH is 2. The first-order chi connectivity index (χ1) is 16.8. The summed E-state index contributed by atoms with van der Waals surface area (Å²) in [5.41, 5.74) is 3.02. The Bertz CT molecular complexity index is 1250. The van der Waals surface area contributed by atoms with Crippen molar-refractivity contribution in [2.75, 3.05) is 13.2 Å². The van der Waals surface area contributed by atoms with Crippen molar-refractivity contribution in [3.63, 3.8) is 0 Å². The van der Waals surface area contributed by atoms with Crippen molar-refractivity contribution in [3.8, 4) is 11.1 Å². The van der Waals surface area contributed by atoms with E-state index >= 15 is 0 Å². The molecule has 2 atom stereocenters. The Morgan fingerprint density at radius 1 is 1.00 bits per heavy atom. The number of nitro groups is 1. The van der Waals surface area contributed by atoms with E-state index in [0.29, 0.717) is 0 Å². The lowest BCUT2D eigenvalue weighted by molar-refractivity contribution is -0.384. The van der Waals surface area contributed by atoms with E-state index in [4.69, 9.17) is 4.74 Å². The maximum atomic E-state index is 12.3. The molecule has 0 saturated heterocycles. The summed E-state index contributed by atoms with van der Waals surface area (Å²) in [7, 11) is 0. The van der Waals surface area contributed by atoms with Crippen LogP contribution >= 0.6 is 0 Å². The summed E-state index contributed by atoms with van der Waals surface area (Å²) in [6.45, 7) is -0.377. The number of aliphatic hydroxyl groups is 2. The molecule has 0 spiro atoms. The summed E-state index contributed by atoms with van der Waals surface area (Å²) in [5.74, 6) is -1.65. The number of nitrogens with one attached hydrogen (secondary N) is 1. The van der Waals surface area contributed by atoms with Gasteiger partial charge in [-0.05, 0) is 33.9 Å². The van der Waals surface area contributed by atoms with E-state index < -0.39 is 47.0 Å². The van der Waals surface area contributed by atoms with Crippen LogP contribution in [0.4, 0.5) is 10.5 Å². The molecule has 0 aliphatic heterocycles. The zero-order chi connectivity index (χ0) is 25.1. The van der Waals surface area contributed by atoms with Crippen LogP contribution in [-0.4, -0.2) is 51.6 Å². The van der Waals surface area contributed by atoms with Gasteiger partial charge in [-0.2, -0.15) is 0 Å². The average Bonchev–Trinajstić information content (AvgIpc) is 3.18. The number of alkyl carbamates (subject to hydrolysis) is 1. The van der Waals surface area contributed by atoms with Gasteiger partial charge in [0.2, 0.25) is 0 Å². The molecule has 35 heavy (non-hydrogen) atoms. The monoisotopic (exact) mass is 478 g/mol. The molecule has 0 radical (unpaired) electrons. The van der Waals surface area contributed by atoms with Crippen LogP contribution in [0.15, 0.2) is 66.7 Å². The van der Waals surface area contributed by atoms with Crippen molar-refractivity contribution < 1.29 is 34.6 Å². The Hall–Kier alpha value is -4.28. The molecule has 2 unspecified atom stereocenters. The molecular formula is C25H22N2O8. The largest absolute Gasteiger partial charge is 0.478 e. The van der Waals surface area contributed by atoms with Gasteiger partial charge in [-0.15, -0.1) is 0 Å². The summed E-state index contributed by atoms with van der Waals surface area (Å²) < 4.78 is 5.37. The quantitative estimate of drug-likeness (QED) is 0.284. The van der Waals surface area contributed by atoms with Gasteiger partial charge in [0.1, 0.15) is 18.8 Å². The molecule has 4 rings (SSSR count). The van der Waals surface area contributed by atoms with Crippen LogP contribution in [0.3, 0.4) is 0 Å². The number of benzene rings is 3. The second kappa shape index (κ2) is 9.92. The molecule has 10 nitrogen and oxygen atoms in total. The van der Waals surface area contributed by atoms with Gasteiger partial charge in [0.25, 0.3) is 5.69 Å². The molecule has 0 fully saturated rings. The van der Waals surface area contributed by atoms with E-state index in [0.717, 1.165) is 40.5 Å². The molecule has 1 amide bonds. The molecule has 0 heterocycles. The maximum absolute atomic E-state index is 12.3. The van der Waals surface area contributed by atoms with E-state index in [9.17, 15) is 35.0 Å². The number of carboxylic acid groups (broad SMARTS) is 1. The first-order valence-corrected chi connectivity index (χ1v) is 10.7. The molecule has 0 aromatic heterocycles. The Morgan fingerprint density at radius 2 is 1.60 bits per heavy atom. The topological polar surface area (TPSA) is 159 Å². The third-order valence-electron chi connectivity index (χ3n) is 5.96. The van der Waals surface area contributed by atoms with Gasteiger partial charge in [-0.1, -0.05) is 48.5 Å². The molecule has 3 aromatic carbocycles. The minimum absolute atomic E-state index is 0.0595. The number of fused-ring (bicyclic) bond motifs is 3. The number of non-ortho nitro benzene ring substituents is 1. The van der Waals surface area contributed by atoms with E-state index in [1.54, 1.807) is 0 Å². The molecule has 0 saturated carbocycles. The number of carbonyl (C=O) groups is 2. The number of amides is 1. The summed E-state index contributed by atoms with van der Waals surface area (Å²) >= 11 is 0. The summed E-state index contributed by atoms with van der Waals surface area (Å²) in [6.07, 6.45) is -4.12. The van der Waals surface area contributed by atoms with Crippen molar-refractivity contribution in [2.24, 2.45) is 0 Å². The van der Waals surface area contributed by atoms with Crippen LogP contribution in [0.2, 0.25) is 0 Å². The minimum Gasteiger partial charge on any atom is -0.478 e. The molecule has 10 heteroatoms. The lowest BCUT2D eigenvalue weighted by Gasteiger charge is -2.20. The summed E-state index contributed by atoms with van der Waals surface area (Å²) in [5, 5.41) is 43.3. The van der Waals surface area contributed by atoms with Gasteiger partial charge in [0.15, 0.2) is 0 Å². The lowest BCUT2D eigenvalue weighted by Crippen LogP contribution is -2.36. The predicted octanol–water partition coefficient (Wildman–Crippen LogP) is 3.23. The van der Waals surface area contributed by atoms with Crippen LogP contribution in [0, 0.1) is 10.1 Å². The Balaban J connectivity index is 1.37. The molecule has 3 aromatic rings. The molecule has 1 aliphatic rings. The van der Waals surface area contributed by atoms with Crippen molar-refractivity contribution >= 4 is 17.7 Å². The Morgan fingerprint density at radius 3 is 2.17 bits per heavy atom. The van der Waals surface area contributed by atoms with Crippen molar-refractivity contribution in [1.29, 1.82) is 0 Å². The first kappa shape index (κ1) is 23.9. The van der Waals surface area contributed by atoms with Crippen LogP contribution in [-0.2, 0) is 4.74 Å². The van der Waals surface area contributed by atoms with Gasteiger partial charge in [-0.3, -0.25) is 10.1 Å². The van der Waals surface area contributed by atoms with E-state index in [1.807, 2.05) is 48.5 Å². The highest BCUT2D eigenvalue weighted by Gasteiger charge is 2.30. The average molecular weight is 478 g/mol. The standard InChI is InChI=1S/C25H22N2O8/c28-22(23(29)19-10-9-14(27(33)34)11-20(19)24(30)31)12-26-25(32)35-13-21-17-7-3-1-5-15(17)16-6-2-4-8-18(16)21/h1-11,21-23,28-29H,12-13H2,(H,26,32)(H,30,31). The highest BCUT2D eigenvalue weighted by Crippen LogP contribution is 2.44. The molecule has 1 aliphatic carbocycles. The van der Waals surface area contributed by atoms with Gasteiger partial charge in [0, 0.05) is 24.6 Å². The third kappa shape index (κ3) is 4.84. The third-order valence-corrected chi connectivity index (χ3v) is 5.96. The zero-order valence-corrected chi connectivity index (χ0v) is 18.3. The Kier molecular flexibility index (Phi) is 6.76. The molecule has 0 bridgehead atoms. The number of ether oxygens (including phenoxy) is 1. The van der Waals surface area contributed by atoms with E-state index in [-0.39, 0.29) is 18.1 Å². The predicted molar refractivity (Wildman–Crippen MR) is 124 cm³/mol. The fourth-order valence-corrected chi connectivity index (χ4v) is 4.26. The highest BCUT2D eigenvalue weighted by molar-refractivity contribution is 5.90. The minimum atomic E-state index is -1.71. The van der Waals surface area contributed by atoms with Crippen LogP contribution in [0.25, 0.3) is 11.1 Å². The Labute approximate surface area is 199 Å². The summed E-state index contributed by atoms with van der Waals surface area (Å²) in [6, 6.07) is 18.6. The fourth-order valence-electron chi connectivity index (χ4n) is 4.26. The van der Waals surface area contributed by atoms with Crippen molar-refractivity contribution in [2.45, 2.75) is 18.1 Å². The van der Waals surface area contributed by atoms with Crippen molar-refractivity contribution in [3.05, 3.63) is 99.1 Å². The zero-order valence-electron chi connectivity index (χ0n) is 18.3. The van der Waals surface area contributed by atoms with E-state index in [1.165, 1.54) is 0 Å². The van der Waals surface area contributed by atoms with Crippen molar-refractivity contribution in [1.82, 2.24) is 5.32 Å². The second-order valence-electron chi connectivity index (χ2n) is 8.05. The maximum Gasteiger partial charge on any atom is 0.407 e. The second-order valence-corrected chi connectivity index (χ2v) is 8.05. The van der Waals surface area contributed by atoms with Crippen LogP contribution in [0.5, 0.6) is 0 Å². The lowest BCUT2D eigenvalue weighted by atomic mass is 9.98. The number of carboxylic acids is 1. The number of rotatable bonds is 8. The fraction of sp³-hybridized carbons (Fsp3) is 0.200. The molecular weight excluding hydrogens is 456 g/mol. The SMILES string of the molecule is O=C(NCC(O)C(O)c1ccc([N+](=O)[O-])cc1C(=O)O)OCC1c2ccccc2-c2ccccc21. The van der Waals surface area contributed by atoms with Crippen LogP contribution < -0.4 is 5.32 Å². The first-order valence-electron chi connectivity index (χ1n) is 10.7. The van der Waals surface area contributed by atoms with Gasteiger partial charge in [-0.25, -0.2) is 9.59 Å². The normalized spacial score (nSPS) is 13.9. The molecule has 180 valence electrons. The molecule has 4 N–H and O–H groups in total.